The van der Waals surface area contributed by atoms with Crippen molar-refractivity contribution in [2.24, 2.45) is 0 Å². The summed E-state index contributed by atoms with van der Waals surface area (Å²) in [5, 5.41) is 0. The third-order valence-electron chi connectivity index (χ3n) is 3.17. The van der Waals surface area contributed by atoms with Gasteiger partial charge in [-0.1, -0.05) is 0 Å². The van der Waals surface area contributed by atoms with Gasteiger partial charge >= 0.3 is 5.97 Å². The molecule has 20 heavy (non-hydrogen) atoms. The highest BCUT2D eigenvalue weighted by molar-refractivity contribution is 6.52. The van der Waals surface area contributed by atoms with Gasteiger partial charge in [0, 0.05) is 19.0 Å². The Balaban J connectivity index is 2.16. The average Bonchev–Trinajstić information content (AvgIpc) is 2.71. The number of nitrogens with zero attached hydrogens (tertiary/aromatic N) is 1. The lowest BCUT2D eigenvalue weighted by molar-refractivity contribution is -0.140. The van der Waals surface area contributed by atoms with Gasteiger partial charge in [-0.05, 0) is 18.6 Å². The fourth-order valence-electron chi connectivity index (χ4n) is 2.11. The highest BCUT2D eigenvalue weighted by atomic mass is 16.5. The van der Waals surface area contributed by atoms with Gasteiger partial charge in [0.1, 0.15) is 5.75 Å². The van der Waals surface area contributed by atoms with Crippen LogP contribution < -0.4 is 9.64 Å². The first-order valence-corrected chi connectivity index (χ1v) is 6.19. The van der Waals surface area contributed by atoms with E-state index in [4.69, 9.17) is 4.74 Å². The van der Waals surface area contributed by atoms with Crippen LogP contribution in [0.15, 0.2) is 18.2 Å². The second-order valence-corrected chi connectivity index (χ2v) is 4.35. The first kappa shape index (κ1) is 14.0. The summed E-state index contributed by atoms with van der Waals surface area (Å²) in [5.41, 5.74) is 0.901. The van der Waals surface area contributed by atoms with Crippen LogP contribution in [0.3, 0.4) is 0 Å². The first-order chi connectivity index (χ1) is 9.58. The second kappa shape index (κ2) is 5.73. The smallest absolute Gasteiger partial charge is 0.305 e. The zero-order valence-electron chi connectivity index (χ0n) is 11.3. The Morgan fingerprint density at radius 3 is 2.65 bits per heavy atom. The lowest BCUT2D eigenvalue weighted by atomic mass is 10.1. The molecule has 1 aliphatic rings. The number of rotatable bonds is 5. The third kappa shape index (κ3) is 2.49. The molecule has 0 radical (unpaired) electrons. The highest BCUT2D eigenvalue weighted by Crippen LogP contribution is 2.32. The number of fused-ring (bicyclic) bond motifs is 1. The molecule has 1 aromatic rings. The zero-order chi connectivity index (χ0) is 14.7. The molecule has 1 amide bonds. The largest absolute Gasteiger partial charge is 0.497 e. The van der Waals surface area contributed by atoms with Crippen molar-refractivity contribution < 1.29 is 23.9 Å². The van der Waals surface area contributed by atoms with E-state index >= 15 is 0 Å². The van der Waals surface area contributed by atoms with Crippen molar-refractivity contribution in [1.82, 2.24) is 0 Å². The van der Waals surface area contributed by atoms with Crippen LogP contribution in [0.25, 0.3) is 0 Å². The van der Waals surface area contributed by atoms with Crippen molar-refractivity contribution in [3.8, 4) is 5.75 Å². The van der Waals surface area contributed by atoms with Gasteiger partial charge in [-0.3, -0.25) is 14.4 Å². The predicted molar refractivity (Wildman–Crippen MR) is 70.9 cm³/mol. The van der Waals surface area contributed by atoms with Gasteiger partial charge in [0.2, 0.25) is 0 Å². The monoisotopic (exact) mass is 277 g/mol. The lowest BCUT2D eigenvalue weighted by Crippen LogP contribution is -2.31. The first-order valence-electron chi connectivity index (χ1n) is 6.19. The summed E-state index contributed by atoms with van der Waals surface area (Å²) in [6.45, 7) is 0.292. The summed E-state index contributed by atoms with van der Waals surface area (Å²) in [6.07, 6.45) is 0.635. The molecular weight excluding hydrogens is 262 g/mol. The van der Waals surface area contributed by atoms with Crippen molar-refractivity contribution in [3.63, 3.8) is 0 Å². The van der Waals surface area contributed by atoms with Gasteiger partial charge in [-0.15, -0.1) is 0 Å². The molecule has 0 unspecified atom stereocenters. The van der Waals surface area contributed by atoms with E-state index in [-0.39, 0.29) is 12.4 Å². The number of ketones is 1. The Labute approximate surface area is 116 Å². The van der Waals surface area contributed by atoms with E-state index in [0.717, 1.165) is 0 Å². The number of amides is 1. The predicted octanol–water partition coefficient (Wildman–Crippen LogP) is 1.18. The minimum Gasteiger partial charge on any atom is -0.497 e. The zero-order valence-corrected chi connectivity index (χ0v) is 11.3. The molecule has 6 heteroatoms. The number of carbonyl (C=O) groups is 3. The van der Waals surface area contributed by atoms with E-state index in [1.165, 1.54) is 19.1 Å². The van der Waals surface area contributed by atoms with Crippen LogP contribution in [0.5, 0.6) is 5.75 Å². The lowest BCUT2D eigenvalue weighted by Gasteiger charge is -2.16. The summed E-state index contributed by atoms with van der Waals surface area (Å²) >= 11 is 0. The van der Waals surface area contributed by atoms with E-state index in [1.807, 2.05) is 0 Å². The van der Waals surface area contributed by atoms with Crippen molar-refractivity contribution >= 4 is 23.3 Å². The average molecular weight is 277 g/mol. The molecule has 6 nitrogen and oxygen atoms in total. The second-order valence-electron chi connectivity index (χ2n) is 4.35. The molecule has 106 valence electrons. The molecule has 0 spiro atoms. The summed E-state index contributed by atoms with van der Waals surface area (Å²) in [4.78, 5) is 36.2. The molecule has 0 atom stereocenters. The summed E-state index contributed by atoms with van der Waals surface area (Å²) < 4.78 is 9.63. The maximum absolute atomic E-state index is 11.9. The number of anilines is 1. The number of hydrogen-bond donors (Lipinski definition) is 0. The normalized spacial score (nSPS) is 13.4. The van der Waals surface area contributed by atoms with Gasteiger partial charge in [0.05, 0.1) is 25.5 Å². The summed E-state index contributed by atoms with van der Waals surface area (Å²) in [7, 11) is 2.83. The van der Waals surface area contributed by atoms with Gasteiger partial charge in [-0.25, -0.2) is 0 Å². The summed E-state index contributed by atoms with van der Waals surface area (Å²) in [5.74, 6) is -0.864. The molecule has 2 rings (SSSR count). The molecule has 0 saturated carbocycles. The van der Waals surface area contributed by atoms with Crippen LogP contribution in [0.2, 0.25) is 0 Å². The van der Waals surface area contributed by atoms with E-state index in [9.17, 15) is 14.4 Å². The molecule has 0 saturated heterocycles. The maximum atomic E-state index is 11.9. The van der Waals surface area contributed by atoms with Crippen molar-refractivity contribution in [3.05, 3.63) is 23.8 Å². The Morgan fingerprint density at radius 1 is 1.25 bits per heavy atom. The van der Waals surface area contributed by atoms with Crippen molar-refractivity contribution in [2.75, 3.05) is 25.7 Å². The Morgan fingerprint density at radius 2 is 2.00 bits per heavy atom. The van der Waals surface area contributed by atoms with Crippen LogP contribution in [-0.4, -0.2) is 38.4 Å². The number of hydrogen-bond acceptors (Lipinski definition) is 5. The van der Waals surface area contributed by atoms with E-state index in [1.54, 1.807) is 18.2 Å². The molecule has 1 aromatic carbocycles. The fourth-order valence-corrected chi connectivity index (χ4v) is 2.11. The van der Waals surface area contributed by atoms with Crippen LogP contribution in [0, 0.1) is 0 Å². The standard InChI is InChI=1S/C14H15NO5/c1-19-9-5-6-10-11(8-9)15(14(18)13(10)17)7-3-4-12(16)20-2/h5-6,8H,3-4,7H2,1-2H3. The summed E-state index contributed by atoms with van der Waals surface area (Å²) in [6, 6.07) is 4.87. The molecule has 0 fully saturated rings. The number of carbonyl (C=O) groups excluding carboxylic acids is 3. The highest BCUT2D eigenvalue weighted by Gasteiger charge is 2.35. The quantitative estimate of drug-likeness (QED) is 0.597. The van der Waals surface area contributed by atoms with Crippen LogP contribution in [-0.2, 0) is 14.3 Å². The molecular formula is C14H15NO5. The maximum Gasteiger partial charge on any atom is 0.305 e. The van der Waals surface area contributed by atoms with Crippen molar-refractivity contribution in [1.29, 1.82) is 0 Å². The number of esters is 1. The number of methoxy groups -OCH3 is 2. The van der Waals surface area contributed by atoms with E-state index in [0.29, 0.717) is 30.0 Å². The number of benzene rings is 1. The Bertz CT molecular complexity index is 567. The van der Waals surface area contributed by atoms with Gasteiger partial charge < -0.3 is 14.4 Å². The number of ether oxygens (including phenoxy) is 2. The van der Waals surface area contributed by atoms with Crippen LogP contribution in [0.4, 0.5) is 5.69 Å². The molecule has 0 aromatic heterocycles. The van der Waals surface area contributed by atoms with Gasteiger partial charge in [0.25, 0.3) is 11.7 Å². The molecule has 0 N–H and O–H groups in total. The molecule has 0 aliphatic carbocycles. The topological polar surface area (TPSA) is 72.9 Å². The molecule has 1 heterocycles. The Kier molecular flexibility index (Phi) is 4.02. The number of Topliss-reactive ketones (excluding diaryl/α,β-unsaturated/α-hetero) is 1. The van der Waals surface area contributed by atoms with Crippen LogP contribution in [0.1, 0.15) is 23.2 Å². The van der Waals surface area contributed by atoms with Gasteiger partial charge in [-0.2, -0.15) is 0 Å². The van der Waals surface area contributed by atoms with Gasteiger partial charge in [0.15, 0.2) is 0 Å². The van der Waals surface area contributed by atoms with Crippen molar-refractivity contribution in [2.45, 2.75) is 12.8 Å². The Hall–Kier alpha value is -2.37. The van der Waals surface area contributed by atoms with Crippen LogP contribution >= 0.6 is 0 Å². The van der Waals surface area contributed by atoms with E-state index < -0.39 is 11.7 Å². The molecule has 1 aliphatic heterocycles. The third-order valence-corrected chi connectivity index (χ3v) is 3.17. The minimum absolute atomic E-state index is 0.202. The SMILES string of the molecule is COC(=O)CCCN1C(=O)C(=O)c2ccc(OC)cc21. The molecule has 0 bridgehead atoms. The van der Waals surface area contributed by atoms with E-state index in [2.05, 4.69) is 4.74 Å². The fraction of sp³-hybridized carbons (Fsp3) is 0.357. The minimum atomic E-state index is -0.571.